The van der Waals surface area contributed by atoms with Crippen LogP contribution in [0.3, 0.4) is 0 Å². The first-order valence-corrected chi connectivity index (χ1v) is 7.68. The SMILES string of the molecule is COC(=O)C1([AsH2])CCC(c2ccc(Br)cc2)C1. The van der Waals surface area contributed by atoms with Gasteiger partial charge in [0.05, 0.1) is 0 Å². The third-order valence-electron chi connectivity index (χ3n) is 3.48. The van der Waals surface area contributed by atoms with Crippen molar-refractivity contribution in [3.05, 3.63) is 34.3 Å². The Bertz CT molecular complexity index is 418. The van der Waals surface area contributed by atoms with Crippen LogP contribution in [0, 0.1) is 0 Å². The van der Waals surface area contributed by atoms with Crippen LogP contribution in [0.2, 0.25) is 4.20 Å². The van der Waals surface area contributed by atoms with Crippen LogP contribution in [0.5, 0.6) is 0 Å². The van der Waals surface area contributed by atoms with Crippen LogP contribution in [0.15, 0.2) is 28.7 Å². The van der Waals surface area contributed by atoms with Crippen LogP contribution in [-0.2, 0) is 9.53 Å². The molecule has 0 amide bonds. The average Bonchev–Trinajstić information content (AvgIpc) is 2.73. The van der Waals surface area contributed by atoms with E-state index in [4.69, 9.17) is 4.74 Å². The molecule has 0 aliphatic heterocycles. The second kappa shape index (κ2) is 5.15. The number of carbonyl (C=O) groups excluding carboxylic acids is 1. The van der Waals surface area contributed by atoms with Crippen molar-refractivity contribution in [3.8, 4) is 0 Å². The van der Waals surface area contributed by atoms with Gasteiger partial charge in [-0.25, -0.2) is 0 Å². The summed E-state index contributed by atoms with van der Waals surface area (Å²) in [6, 6.07) is 8.41. The minimum absolute atomic E-state index is 0.0443. The summed E-state index contributed by atoms with van der Waals surface area (Å²) in [6.07, 6.45) is 2.94. The van der Waals surface area contributed by atoms with Gasteiger partial charge in [-0.05, 0) is 0 Å². The topological polar surface area (TPSA) is 26.3 Å². The van der Waals surface area contributed by atoms with E-state index in [0.29, 0.717) is 5.92 Å². The summed E-state index contributed by atoms with van der Waals surface area (Å²) in [5.74, 6) is 0.450. The fourth-order valence-electron chi connectivity index (χ4n) is 2.48. The van der Waals surface area contributed by atoms with Gasteiger partial charge >= 0.3 is 119 Å². The Labute approximate surface area is 119 Å². The summed E-state index contributed by atoms with van der Waals surface area (Å²) in [5, 5.41) is 0. The zero-order chi connectivity index (χ0) is 12.5. The standard InChI is InChI=1S/C13H16AsBrO2/c1-17-12(16)13(14)7-6-10(8-13)9-2-4-11(15)5-3-9/h2-5,10H,6-8,14H2,1H3. The molecule has 0 bridgehead atoms. The second-order valence-electron chi connectivity index (χ2n) is 4.64. The molecular weight excluding hydrogens is 343 g/mol. The zero-order valence-electron chi connectivity index (χ0n) is 9.78. The van der Waals surface area contributed by atoms with Gasteiger partial charge in [-0.15, -0.1) is 0 Å². The molecule has 17 heavy (non-hydrogen) atoms. The fraction of sp³-hybridized carbons (Fsp3) is 0.462. The van der Waals surface area contributed by atoms with E-state index in [0.717, 1.165) is 23.7 Å². The monoisotopic (exact) mass is 358 g/mol. The second-order valence-corrected chi connectivity index (χ2v) is 7.87. The Kier molecular flexibility index (Phi) is 3.99. The molecule has 4 heteroatoms. The summed E-state index contributed by atoms with van der Waals surface area (Å²) in [7, 11) is 1.48. The number of methoxy groups -OCH3 is 1. The normalized spacial score (nSPS) is 28.1. The molecule has 1 aromatic carbocycles. The van der Waals surface area contributed by atoms with Crippen molar-refractivity contribution in [2.75, 3.05) is 7.11 Å². The maximum atomic E-state index is 11.8. The quantitative estimate of drug-likeness (QED) is 0.600. The van der Waals surface area contributed by atoms with Crippen molar-refractivity contribution in [1.29, 1.82) is 0 Å². The van der Waals surface area contributed by atoms with Crippen molar-refractivity contribution < 1.29 is 9.53 Å². The van der Waals surface area contributed by atoms with Crippen LogP contribution in [0.25, 0.3) is 0 Å². The molecule has 3 atom stereocenters. The molecular formula is C13H16AsBrO2. The van der Waals surface area contributed by atoms with Gasteiger partial charge in [0.2, 0.25) is 0 Å². The predicted molar refractivity (Wildman–Crippen MR) is 74.0 cm³/mol. The predicted octanol–water partition coefficient (Wildman–Crippen LogP) is 2.68. The Morgan fingerprint density at radius 3 is 2.71 bits per heavy atom. The van der Waals surface area contributed by atoms with Crippen LogP contribution in [0.1, 0.15) is 30.7 Å². The third kappa shape index (κ3) is 2.77. The zero-order valence-corrected chi connectivity index (χ0v) is 13.8. The number of hydrogen-bond donors (Lipinski definition) is 0. The number of halogens is 1. The van der Waals surface area contributed by atoms with Gasteiger partial charge < -0.3 is 0 Å². The number of rotatable bonds is 2. The molecule has 1 aromatic rings. The Balaban J connectivity index is 2.12. The average molecular weight is 359 g/mol. The molecule has 2 nitrogen and oxygen atoms in total. The van der Waals surface area contributed by atoms with Crippen molar-refractivity contribution in [3.63, 3.8) is 0 Å². The minimum atomic E-state index is -0.237. The number of hydrogen-bond acceptors (Lipinski definition) is 2. The van der Waals surface area contributed by atoms with Crippen molar-refractivity contribution in [1.82, 2.24) is 0 Å². The summed E-state index contributed by atoms with van der Waals surface area (Å²) in [5.41, 5.74) is 1.33. The summed E-state index contributed by atoms with van der Waals surface area (Å²) < 4.78 is 5.77. The summed E-state index contributed by atoms with van der Waals surface area (Å²) >= 11 is 4.94. The number of esters is 1. The van der Waals surface area contributed by atoms with Crippen molar-refractivity contribution in [2.45, 2.75) is 29.4 Å². The first kappa shape index (κ1) is 13.2. The third-order valence-corrected chi connectivity index (χ3v) is 5.61. The molecule has 0 radical (unpaired) electrons. The molecule has 3 unspecified atom stereocenters. The molecule has 2 rings (SSSR count). The molecule has 1 aliphatic rings. The molecule has 0 aromatic heterocycles. The van der Waals surface area contributed by atoms with Gasteiger partial charge in [0.15, 0.2) is 0 Å². The first-order valence-electron chi connectivity index (χ1n) is 5.68. The van der Waals surface area contributed by atoms with E-state index >= 15 is 0 Å². The van der Waals surface area contributed by atoms with E-state index < -0.39 is 0 Å². The van der Waals surface area contributed by atoms with E-state index in [1.807, 2.05) is 0 Å². The number of carbonyl (C=O) groups is 1. The fourth-order valence-corrected chi connectivity index (χ4v) is 3.94. The number of benzene rings is 1. The first-order chi connectivity index (χ1) is 8.05. The number of ether oxygens (including phenoxy) is 1. The Morgan fingerprint density at radius 2 is 2.12 bits per heavy atom. The van der Waals surface area contributed by atoms with Crippen LogP contribution >= 0.6 is 15.9 Å². The maximum absolute atomic E-state index is 11.8. The van der Waals surface area contributed by atoms with Gasteiger partial charge in [0.1, 0.15) is 0 Å². The van der Waals surface area contributed by atoms with Crippen molar-refractivity contribution in [2.24, 2.45) is 0 Å². The van der Waals surface area contributed by atoms with E-state index in [1.165, 1.54) is 29.5 Å². The van der Waals surface area contributed by atoms with E-state index in [2.05, 4.69) is 40.2 Å². The molecule has 0 saturated heterocycles. The van der Waals surface area contributed by atoms with E-state index in [-0.39, 0.29) is 10.2 Å². The van der Waals surface area contributed by atoms with Gasteiger partial charge in [-0.1, -0.05) is 0 Å². The molecule has 0 N–H and O–H groups in total. The summed E-state index contributed by atoms with van der Waals surface area (Å²) in [4.78, 5) is 11.8. The van der Waals surface area contributed by atoms with Gasteiger partial charge in [-0.3, -0.25) is 0 Å². The van der Waals surface area contributed by atoms with E-state index in [1.54, 1.807) is 0 Å². The molecule has 1 saturated carbocycles. The molecule has 0 spiro atoms. The Morgan fingerprint density at radius 1 is 1.47 bits per heavy atom. The van der Waals surface area contributed by atoms with E-state index in [9.17, 15) is 4.79 Å². The van der Waals surface area contributed by atoms with Gasteiger partial charge in [-0.2, -0.15) is 0 Å². The van der Waals surface area contributed by atoms with Crippen LogP contribution < -0.4 is 0 Å². The molecule has 1 fully saturated rings. The Hall–Kier alpha value is -0.272. The van der Waals surface area contributed by atoms with Crippen molar-refractivity contribution >= 4 is 38.8 Å². The molecule has 1 aliphatic carbocycles. The summed E-state index contributed by atoms with van der Waals surface area (Å²) in [6.45, 7) is 0. The van der Waals surface area contributed by atoms with Gasteiger partial charge in [0.25, 0.3) is 0 Å². The van der Waals surface area contributed by atoms with Crippen LogP contribution in [-0.4, -0.2) is 29.9 Å². The van der Waals surface area contributed by atoms with Crippen LogP contribution in [0.4, 0.5) is 0 Å². The molecule has 0 heterocycles. The van der Waals surface area contributed by atoms with Gasteiger partial charge in [0, 0.05) is 0 Å². The molecule has 92 valence electrons.